The molecule has 15 heavy (non-hydrogen) atoms. The van der Waals surface area contributed by atoms with E-state index in [0.29, 0.717) is 0 Å². The first-order valence-electron chi connectivity index (χ1n) is 5.83. The molecule has 0 aromatic heterocycles. The van der Waals surface area contributed by atoms with E-state index < -0.39 is 0 Å². The van der Waals surface area contributed by atoms with Crippen molar-refractivity contribution in [1.29, 1.82) is 0 Å². The molecule has 1 aliphatic rings. The molecule has 0 nitrogen and oxygen atoms in total. The molecule has 0 heteroatoms. The van der Waals surface area contributed by atoms with Crippen molar-refractivity contribution in [1.82, 2.24) is 0 Å². The fourth-order valence-corrected chi connectivity index (χ4v) is 2.60. The molecular weight excluding hydrogens is 180 g/mol. The van der Waals surface area contributed by atoms with E-state index in [1.165, 1.54) is 29.2 Å². The third-order valence-corrected chi connectivity index (χ3v) is 3.82. The molecule has 1 fully saturated rings. The van der Waals surface area contributed by atoms with E-state index in [4.69, 9.17) is 0 Å². The van der Waals surface area contributed by atoms with Crippen molar-refractivity contribution in [2.24, 2.45) is 5.92 Å². The molecule has 1 aliphatic carbocycles. The van der Waals surface area contributed by atoms with Gasteiger partial charge in [0.15, 0.2) is 0 Å². The van der Waals surface area contributed by atoms with Crippen molar-refractivity contribution in [3.05, 3.63) is 48.0 Å². The van der Waals surface area contributed by atoms with E-state index in [1.807, 2.05) is 0 Å². The van der Waals surface area contributed by atoms with Gasteiger partial charge in [-0.1, -0.05) is 49.4 Å². The molecule has 0 heterocycles. The van der Waals surface area contributed by atoms with E-state index in [1.54, 1.807) is 0 Å². The van der Waals surface area contributed by atoms with Crippen molar-refractivity contribution in [2.75, 3.05) is 0 Å². The molecule has 3 rings (SSSR count). The van der Waals surface area contributed by atoms with Gasteiger partial charge in [0.2, 0.25) is 0 Å². The molecule has 0 radical (unpaired) electrons. The zero-order valence-corrected chi connectivity index (χ0v) is 9.11. The molecule has 0 spiro atoms. The Balaban J connectivity index is 2.06. The van der Waals surface area contributed by atoms with Crippen LogP contribution in [0.2, 0.25) is 0 Å². The van der Waals surface area contributed by atoms with Crippen molar-refractivity contribution < 1.29 is 0 Å². The van der Waals surface area contributed by atoms with Gasteiger partial charge in [-0.2, -0.15) is 0 Å². The van der Waals surface area contributed by atoms with Gasteiger partial charge in [0.25, 0.3) is 0 Å². The Bertz CT molecular complexity index is 484. The fraction of sp³-hybridized carbons (Fsp3) is 0.333. The molecule has 76 valence electrons. The highest BCUT2D eigenvalue weighted by atomic mass is 14.3. The van der Waals surface area contributed by atoms with Crippen molar-refractivity contribution in [2.45, 2.75) is 25.7 Å². The minimum atomic E-state index is 0.814. The van der Waals surface area contributed by atoms with Crippen LogP contribution in [0.3, 0.4) is 0 Å². The molecule has 2 atom stereocenters. The summed E-state index contributed by atoms with van der Waals surface area (Å²) in [7, 11) is 0. The smallest absolute Gasteiger partial charge is 0.0136 e. The maximum Gasteiger partial charge on any atom is -0.0136 e. The zero-order chi connectivity index (χ0) is 10.3. The average molecular weight is 196 g/mol. The highest BCUT2D eigenvalue weighted by Crippen LogP contribution is 2.42. The lowest BCUT2D eigenvalue weighted by Crippen LogP contribution is -2.20. The van der Waals surface area contributed by atoms with Gasteiger partial charge in [0.05, 0.1) is 0 Å². The molecular formula is C15H16. The summed E-state index contributed by atoms with van der Waals surface area (Å²) in [6.45, 7) is 2.36. The SMILES string of the molecule is C[C@H]1CC[C@H]1c1ccc2ccccc2c1. The number of benzene rings is 2. The van der Waals surface area contributed by atoms with Crippen molar-refractivity contribution in [3.8, 4) is 0 Å². The average Bonchev–Trinajstić information content (AvgIpc) is 2.27. The van der Waals surface area contributed by atoms with Crippen LogP contribution in [-0.2, 0) is 0 Å². The summed E-state index contributed by atoms with van der Waals surface area (Å²) in [6, 6.07) is 15.6. The summed E-state index contributed by atoms with van der Waals surface area (Å²) >= 11 is 0. The first-order chi connectivity index (χ1) is 7.34. The number of hydrogen-bond acceptors (Lipinski definition) is 0. The van der Waals surface area contributed by atoms with Crippen LogP contribution in [0.4, 0.5) is 0 Å². The Hall–Kier alpha value is -1.30. The Morgan fingerprint density at radius 1 is 0.933 bits per heavy atom. The van der Waals surface area contributed by atoms with Crippen LogP contribution < -0.4 is 0 Å². The Morgan fingerprint density at radius 2 is 1.73 bits per heavy atom. The van der Waals surface area contributed by atoms with Crippen LogP contribution in [0.5, 0.6) is 0 Å². The Morgan fingerprint density at radius 3 is 2.40 bits per heavy atom. The maximum atomic E-state index is 2.37. The number of fused-ring (bicyclic) bond motifs is 1. The third-order valence-electron chi connectivity index (χ3n) is 3.82. The van der Waals surface area contributed by atoms with E-state index in [2.05, 4.69) is 49.4 Å². The Labute approximate surface area is 90.9 Å². The van der Waals surface area contributed by atoms with E-state index in [0.717, 1.165) is 11.8 Å². The van der Waals surface area contributed by atoms with Gasteiger partial charge < -0.3 is 0 Å². The highest BCUT2D eigenvalue weighted by Gasteiger charge is 2.27. The van der Waals surface area contributed by atoms with Crippen LogP contribution >= 0.6 is 0 Å². The summed E-state index contributed by atoms with van der Waals surface area (Å²) in [5, 5.41) is 2.74. The van der Waals surface area contributed by atoms with Gasteiger partial charge >= 0.3 is 0 Å². The second kappa shape index (κ2) is 3.37. The third kappa shape index (κ3) is 1.45. The standard InChI is InChI=1S/C15H16/c1-11-6-9-15(11)14-8-7-12-4-2-3-5-13(12)10-14/h2-5,7-8,10-11,15H,6,9H2,1H3/t11-,15+/m0/s1. The minimum Gasteiger partial charge on any atom is -0.0619 e. The van der Waals surface area contributed by atoms with Gasteiger partial charge in [0, 0.05) is 0 Å². The molecule has 0 saturated heterocycles. The van der Waals surface area contributed by atoms with E-state index in [-0.39, 0.29) is 0 Å². The fourth-order valence-electron chi connectivity index (χ4n) is 2.60. The van der Waals surface area contributed by atoms with Crippen LogP contribution in [0.15, 0.2) is 42.5 Å². The lowest BCUT2D eigenvalue weighted by Gasteiger charge is -2.34. The first kappa shape index (κ1) is 8.96. The monoisotopic (exact) mass is 196 g/mol. The summed E-state index contributed by atoms with van der Waals surface area (Å²) in [4.78, 5) is 0. The van der Waals surface area contributed by atoms with Crippen LogP contribution in [0.1, 0.15) is 31.2 Å². The van der Waals surface area contributed by atoms with Gasteiger partial charge in [-0.05, 0) is 41.0 Å². The van der Waals surface area contributed by atoms with E-state index in [9.17, 15) is 0 Å². The number of rotatable bonds is 1. The topological polar surface area (TPSA) is 0 Å². The minimum absolute atomic E-state index is 0.814. The predicted octanol–water partition coefficient (Wildman–Crippen LogP) is 4.35. The number of hydrogen-bond donors (Lipinski definition) is 0. The molecule has 1 saturated carbocycles. The summed E-state index contributed by atoms with van der Waals surface area (Å²) in [5.74, 6) is 1.70. The predicted molar refractivity (Wildman–Crippen MR) is 65.1 cm³/mol. The Kier molecular flexibility index (Phi) is 2.02. The summed E-state index contributed by atoms with van der Waals surface area (Å²) < 4.78 is 0. The second-order valence-electron chi connectivity index (χ2n) is 4.77. The molecule has 0 N–H and O–H groups in total. The van der Waals surface area contributed by atoms with Crippen LogP contribution in [0, 0.1) is 5.92 Å². The van der Waals surface area contributed by atoms with Crippen LogP contribution in [0.25, 0.3) is 10.8 Å². The largest absolute Gasteiger partial charge is 0.0619 e. The van der Waals surface area contributed by atoms with E-state index >= 15 is 0 Å². The quantitative estimate of drug-likeness (QED) is 0.636. The molecule has 2 aromatic rings. The van der Waals surface area contributed by atoms with Crippen molar-refractivity contribution >= 4 is 10.8 Å². The maximum absolute atomic E-state index is 2.37. The van der Waals surface area contributed by atoms with Gasteiger partial charge in [-0.15, -0.1) is 0 Å². The van der Waals surface area contributed by atoms with Gasteiger partial charge in [0.1, 0.15) is 0 Å². The molecule has 0 unspecified atom stereocenters. The molecule has 0 bridgehead atoms. The molecule has 0 amide bonds. The van der Waals surface area contributed by atoms with Gasteiger partial charge in [-0.3, -0.25) is 0 Å². The highest BCUT2D eigenvalue weighted by molar-refractivity contribution is 5.83. The van der Waals surface area contributed by atoms with Gasteiger partial charge in [-0.25, -0.2) is 0 Å². The summed E-state index contributed by atoms with van der Waals surface area (Å²) in [5.41, 5.74) is 1.53. The van der Waals surface area contributed by atoms with Crippen molar-refractivity contribution in [3.63, 3.8) is 0 Å². The molecule has 2 aromatic carbocycles. The lowest BCUT2D eigenvalue weighted by molar-refractivity contribution is 0.280. The normalized spacial score (nSPS) is 25.1. The summed E-state index contributed by atoms with van der Waals surface area (Å²) in [6.07, 6.45) is 2.77. The lowest BCUT2D eigenvalue weighted by atomic mass is 9.71. The zero-order valence-electron chi connectivity index (χ0n) is 9.11. The van der Waals surface area contributed by atoms with Crippen LogP contribution in [-0.4, -0.2) is 0 Å². The first-order valence-corrected chi connectivity index (χ1v) is 5.83. The molecule has 0 aliphatic heterocycles. The second-order valence-corrected chi connectivity index (χ2v) is 4.77.